The quantitative estimate of drug-likeness (QED) is 0.742. The molecular weight excluding hydrogens is 382 g/mol. The van der Waals surface area contributed by atoms with Gasteiger partial charge in [-0.2, -0.15) is 4.98 Å². The lowest BCUT2D eigenvalue weighted by Crippen LogP contribution is -2.36. The first-order valence-corrected chi connectivity index (χ1v) is 11.1. The summed E-state index contributed by atoms with van der Waals surface area (Å²) in [7, 11) is 0. The Morgan fingerprint density at radius 1 is 1.13 bits per heavy atom. The standard InChI is InChI=1S/C22H33N5O3/c1-22(2,3)18-12-20(28)27(15-23-18)13-16-4-8-26(9-5-16)14-19-24-21(30-25-19)17-6-10-29-11-7-17/h12,15-17H,4-11,13-14H2,1-3H3. The molecule has 8 heteroatoms. The minimum atomic E-state index is -0.108. The van der Waals surface area contributed by atoms with Crippen LogP contribution in [-0.2, 0) is 23.2 Å². The molecule has 8 nitrogen and oxygen atoms in total. The Bertz CT molecular complexity index is 887. The minimum Gasteiger partial charge on any atom is -0.381 e. The van der Waals surface area contributed by atoms with Gasteiger partial charge >= 0.3 is 0 Å². The number of hydrogen-bond donors (Lipinski definition) is 0. The van der Waals surface area contributed by atoms with Crippen LogP contribution in [0, 0.1) is 5.92 Å². The van der Waals surface area contributed by atoms with Crippen molar-refractivity contribution in [3.63, 3.8) is 0 Å². The molecule has 2 aliphatic heterocycles. The van der Waals surface area contributed by atoms with E-state index >= 15 is 0 Å². The van der Waals surface area contributed by atoms with Gasteiger partial charge in [0.15, 0.2) is 5.82 Å². The van der Waals surface area contributed by atoms with Gasteiger partial charge in [0.05, 0.1) is 18.6 Å². The lowest BCUT2D eigenvalue weighted by atomic mass is 9.92. The van der Waals surface area contributed by atoms with Gasteiger partial charge in [-0.25, -0.2) is 4.98 Å². The molecule has 0 amide bonds. The van der Waals surface area contributed by atoms with Gasteiger partial charge in [-0.15, -0.1) is 0 Å². The van der Waals surface area contributed by atoms with E-state index in [1.165, 1.54) is 0 Å². The van der Waals surface area contributed by atoms with Crippen molar-refractivity contribution < 1.29 is 9.26 Å². The van der Waals surface area contributed by atoms with E-state index in [1.54, 1.807) is 17.0 Å². The van der Waals surface area contributed by atoms with Crippen molar-refractivity contribution in [2.24, 2.45) is 5.92 Å². The van der Waals surface area contributed by atoms with Crippen LogP contribution in [0.5, 0.6) is 0 Å². The van der Waals surface area contributed by atoms with Crippen molar-refractivity contribution >= 4 is 0 Å². The zero-order valence-corrected chi connectivity index (χ0v) is 18.3. The van der Waals surface area contributed by atoms with E-state index in [4.69, 9.17) is 9.26 Å². The molecule has 4 rings (SSSR count). The summed E-state index contributed by atoms with van der Waals surface area (Å²) in [6.45, 7) is 11.2. The van der Waals surface area contributed by atoms with E-state index in [2.05, 4.69) is 40.8 Å². The molecule has 4 heterocycles. The molecule has 0 aromatic carbocycles. The summed E-state index contributed by atoms with van der Waals surface area (Å²) in [4.78, 5) is 24.0. The Balaban J connectivity index is 1.27. The summed E-state index contributed by atoms with van der Waals surface area (Å²) < 4.78 is 12.7. The molecule has 0 saturated carbocycles. The molecule has 2 aliphatic rings. The van der Waals surface area contributed by atoms with Gasteiger partial charge in [-0.3, -0.25) is 14.3 Å². The highest BCUT2D eigenvalue weighted by Gasteiger charge is 2.25. The highest BCUT2D eigenvalue weighted by atomic mass is 16.5. The number of nitrogens with zero attached hydrogens (tertiary/aromatic N) is 5. The fraction of sp³-hybridized carbons (Fsp3) is 0.727. The zero-order chi connectivity index (χ0) is 21.1. The van der Waals surface area contributed by atoms with E-state index in [-0.39, 0.29) is 11.0 Å². The molecule has 164 valence electrons. The highest BCUT2D eigenvalue weighted by Crippen LogP contribution is 2.26. The topological polar surface area (TPSA) is 86.3 Å². The smallest absolute Gasteiger partial charge is 0.253 e. The van der Waals surface area contributed by atoms with Crippen molar-refractivity contribution in [3.05, 3.63) is 40.2 Å². The van der Waals surface area contributed by atoms with Crippen molar-refractivity contribution in [3.8, 4) is 0 Å². The van der Waals surface area contributed by atoms with Gasteiger partial charge in [0.1, 0.15) is 0 Å². The number of aromatic nitrogens is 4. The number of piperidine rings is 1. The van der Waals surface area contributed by atoms with Crippen LogP contribution in [-0.4, -0.2) is 50.9 Å². The lowest BCUT2D eigenvalue weighted by Gasteiger charge is -2.31. The fourth-order valence-corrected chi connectivity index (χ4v) is 4.22. The number of hydrogen-bond acceptors (Lipinski definition) is 7. The summed E-state index contributed by atoms with van der Waals surface area (Å²) in [6.07, 6.45) is 5.73. The van der Waals surface area contributed by atoms with Gasteiger partial charge in [0.25, 0.3) is 5.56 Å². The zero-order valence-electron chi connectivity index (χ0n) is 18.3. The van der Waals surface area contributed by atoms with Crippen LogP contribution >= 0.6 is 0 Å². The maximum absolute atomic E-state index is 12.5. The second-order valence-corrected chi connectivity index (χ2v) is 9.67. The molecule has 2 aromatic heterocycles. The van der Waals surface area contributed by atoms with Crippen LogP contribution in [0.3, 0.4) is 0 Å². The van der Waals surface area contributed by atoms with Crippen LogP contribution in [0.25, 0.3) is 0 Å². The number of rotatable bonds is 5. The van der Waals surface area contributed by atoms with E-state index < -0.39 is 0 Å². The SMILES string of the molecule is CC(C)(C)c1cc(=O)n(CC2CCN(Cc3noc(C4CCOCC4)n3)CC2)cn1. The van der Waals surface area contributed by atoms with Crippen molar-refractivity contribution in [1.29, 1.82) is 0 Å². The summed E-state index contributed by atoms with van der Waals surface area (Å²) in [5.41, 5.74) is 0.784. The first kappa shape index (κ1) is 21.2. The molecular formula is C22H33N5O3. The maximum atomic E-state index is 12.5. The molecule has 2 fully saturated rings. The molecule has 0 N–H and O–H groups in total. The molecule has 0 aliphatic carbocycles. The summed E-state index contributed by atoms with van der Waals surface area (Å²) in [5.74, 6) is 2.36. The van der Waals surface area contributed by atoms with E-state index in [0.29, 0.717) is 11.8 Å². The Kier molecular flexibility index (Phi) is 6.34. The Labute approximate surface area is 177 Å². The molecule has 0 bridgehead atoms. The van der Waals surface area contributed by atoms with Crippen molar-refractivity contribution in [2.75, 3.05) is 26.3 Å². The Hall–Kier alpha value is -2.06. The third-order valence-electron chi connectivity index (χ3n) is 6.23. The maximum Gasteiger partial charge on any atom is 0.253 e. The van der Waals surface area contributed by atoms with E-state index in [9.17, 15) is 4.79 Å². The van der Waals surface area contributed by atoms with Crippen LogP contribution in [0.4, 0.5) is 0 Å². The van der Waals surface area contributed by atoms with Crippen molar-refractivity contribution in [1.82, 2.24) is 24.6 Å². The van der Waals surface area contributed by atoms with Gasteiger partial charge in [0.2, 0.25) is 5.89 Å². The number of likely N-dealkylation sites (tertiary alicyclic amines) is 1. The molecule has 0 spiro atoms. The molecule has 0 radical (unpaired) electrons. The van der Waals surface area contributed by atoms with E-state index in [0.717, 1.165) is 82.5 Å². The normalized spacial score (nSPS) is 20.0. The van der Waals surface area contributed by atoms with Crippen molar-refractivity contribution in [2.45, 2.75) is 70.9 Å². The average Bonchev–Trinajstić information content (AvgIpc) is 3.19. The third-order valence-corrected chi connectivity index (χ3v) is 6.23. The number of ether oxygens (including phenoxy) is 1. The minimum absolute atomic E-state index is 0.0461. The first-order chi connectivity index (χ1) is 14.4. The van der Waals surface area contributed by atoms with Gasteiger partial charge < -0.3 is 9.26 Å². The van der Waals surface area contributed by atoms with E-state index in [1.807, 2.05) is 0 Å². The van der Waals surface area contributed by atoms with Crippen LogP contribution < -0.4 is 5.56 Å². The lowest BCUT2D eigenvalue weighted by molar-refractivity contribution is 0.0778. The predicted octanol–water partition coefficient (Wildman–Crippen LogP) is 2.73. The molecule has 30 heavy (non-hydrogen) atoms. The second-order valence-electron chi connectivity index (χ2n) is 9.67. The third kappa shape index (κ3) is 5.16. The summed E-state index contributed by atoms with van der Waals surface area (Å²) in [5, 5.41) is 4.19. The molecule has 0 atom stereocenters. The highest BCUT2D eigenvalue weighted by molar-refractivity contribution is 5.10. The van der Waals surface area contributed by atoms with Crippen LogP contribution in [0.2, 0.25) is 0 Å². The summed E-state index contributed by atoms with van der Waals surface area (Å²) >= 11 is 0. The van der Waals surface area contributed by atoms with Crippen LogP contribution in [0.1, 0.15) is 69.8 Å². The Morgan fingerprint density at radius 3 is 2.53 bits per heavy atom. The molecule has 2 aromatic rings. The van der Waals surface area contributed by atoms with Crippen LogP contribution in [0.15, 0.2) is 21.7 Å². The van der Waals surface area contributed by atoms with Gasteiger partial charge in [0, 0.05) is 37.2 Å². The Morgan fingerprint density at radius 2 is 1.87 bits per heavy atom. The molecule has 2 saturated heterocycles. The summed E-state index contributed by atoms with van der Waals surface area (Å²) in [6, 6.07) is 1.68. The predicted molar refractivity (Wildman–Crippen MR) is 112 cm³/mol. The largest absolute Gasteiger partial charge is 0.381 e. The monoisotopic (exact) mass is 415 g/mol. The average molecular weight is 416 g/mol. The van der Waals surface area contributed by atoms with Gasteiger partial charge in [-0.1, -0.05) is 25.9 Å². The fourth-order valence-electron chi connectivity index (χ4n) is 4.22. The molecule has 0 unspecified atom stereocenters. The first-order valence-electron chi connectivity index (χ1n) is 11.1. The second kappa shape index (κ2) is 8.98. The van der Waals surface area contributed by atoms with Gasteiger partial charge in [-0.05, 0) is 44.7 Å².